The van der Waals surface area contributed by atoms with E-state index in [1.165, 1.54) is 4.88 Å². The second-order valence-electron chi connectivity index (χ2n) is 8.06. The highest BCUT2D eigenvalue weighted by atomic mass is 35.5. The van der Waals surface area contributed by atoms with Crippen molar-refractivity contribution in [1.29, 1.82) is 0 Å². The predicted octanol–water partition coefficient (Wildman–Crippen LogP) is 5.71. The van der Waals surface area contributed by atoms with Crippen LogP contribution < -0.4 is 0 Å². The van der Waals surface area contributed by atoms with Crippen molar-refractivity contribution < 1.29 is 9.59 Å². The molecule has 1 unspecified atom stereocenters. The molecule has 2 amide bonds. The molecule has 7 heteroatoms. The second-order valence-corrected chi connectivity index (χ2v) is 9.91. The number of halogens is 2. The molecule has 30 heavy (non-hydrogen) atoms. The SMILES string of the molecule is CCCCC(=O)N(CC(=O)N1CCc2sccc2C1c1ccc(Cl)cc1Cl)C1CC1. The van der Waals surface area contributed by atoms with Gasteiger partial charge >= 0.3 is 0 Å². The average Bonchev–Trinajstić information content (AvgIpc) is 3.45. The third kappa shape index (κ3) is 4.53. The number of hydrogen-bond donors (Lipinski definition) is 0. The number of nitrogens with zero attached hydrogens (tertiary/aromatic N) is 2. The van der Waals surface area contributed by atoms with Crippen LogP contribution in [0.3, 0.4) is 0 Å². The van der Waals surface area contributed by atoms with E-state index in [1.807, 2.05) is 21.9 Å². The molecule has 0 saturated heterocycles. The van der Waals surface area contributed by atoms with Crippen LogP contribution in [-0.2, 0) is 16.0 Å². The predicted molar refractivity (Wildman–Crippen MR) is 122 cm³/mol. The van der Waals surface area contributed by atoms with Gasteiger partial charge in [-0.05, 0) is 60.4 Å². The van der Waals surface area contributed by atoms with Crippen molar-refractivity contribution in [3.63, 3.8) is 0 Å². The van der Waals surface area contributed by atoms with Crippen LogP contribution in [0.25, 0.3) is 0 Å². The molecule has 0 radical (unpaired) electrons. The van der Waals surface area contributed by atoms with E-state index in [9.17, 15) is 9.59 Å². The smallest absolute Gasteiger partial charge is 0.243 e. The van der Waals surface area contributed by atoms with E-state index in [0.717, 1.165) is 43.2 Å². The summed E-state index contributed by atoms with van der Waals surface area (Å²) in [7, 11) is 0. The molecular formula is C23H26Cl2N2O2S. The molecular weight excluding hydrogens is 439 g/mol. The largest absolute Gasteiger partial charge is 0.330 e. The van der Waals surface area contributed by atoms with Gasteiger partial charge in [0.25, 0.3) is 0 Å². The van der Waals surface area contributed by atoms with Gasteiger partial charge in [-0.15, -0.1) is 11.3 Å². The fraction of sp³-hybridized carbons (Fsp3) is 0.478. The molecule has 1 aromatic heterocycles. The summed E-state index contributed by atoms with van der Waals surface area (Å²) in [5, 5.41) is 3.20. The summed E-state index contributed by atoms with van der Waals surface area (Å²) in [4.78, 5) is 31.2. The Morgan fingerprint density at radius 3 is 2.70 bits per heavy atom. The number of rotatable bonds is 7. The lowest BCUT2D eigenvalue weighted by Gasteiger charge is -2.38. The van der Waals surface area contributed by atoms with Gasteiger partial charge in [-0.3, -0.25) is 9.59 Å². The van der Waals surface area contributed by atoms with Gasteiger partial charge in [-0.25, -0.2) is 0 Å². The zero-order valence-electron chi connectivity index (χ0n) is 17.1. The summed E-state index contributed by atoms with van der Waals surface area (Å²) in [5.41, 5.74) is 2.00. The first-order valence-electron chi connectivity index (χ1n) is 10.6. The van der Waals surface area contributed by atoms with Gasteiger partial charge < -0.3 is 9.80 Å². The van der Waals surface area contributed by atoms with Crippen molar-refractivity contribution in [2.75, 3.05) is 13.1 Å². The van der Waals surface area contributed by atoms with Crippen molar-refractivity contribution in [2.45, 2.75) is 57.5 Å². The summed E-state index contributed by atoms with van der Waals surface area (Å²) < 4.78 is 0. The first-order chi connectivity index (χ1) is 14.5. The summed E-state index contributed by atoms with van der Waals surface area (Å²) in [5.74, 6) is 0.0848. The Balaban J connectivity index is 1.61. The van der Waals surface area contributed by atoms with E-state index in [0.29, 0.717) is 23.0 Å². The third-order valence-corrected chi connectivity index (χ3v) is 7.46. The lowest BCUT2D eigenvalue weighted by Crippen LogP contribution is -2.47. The highest BCUT2D eigenvalue weighted by molar-refractivity contribution is 7.10. The van der Waals surface area contributed by atoms with Crippen LogP contribution in [0.1, 0.15) is 61.1 Å². The minimum absolute atomic E-state index is 0.0142. The molecule has 2 heterocycles. The van der Waals surface area contributed by atoms with Crippen LogP contribution in [0.2, 0.25) is 10.0 Å². The van der Waals surface area contributed by atoms with Crippen LogP contribution in [0.15, 0.2) is 29.6 Å². The molecule has 1 atom stereocenters. The number of amides is 2. The zero-order valence-corrected chi connectivity index (χ0v) is 19.4. The van der Waals surface area contributed by atoms with Crippen molar-refractivity contribution in [3.05, 3.63) is 55.7 Å². The summed E-state index contributed by atoms with van der Waals surface area (Å²) in [6.07, 6.45) is 5.16. The Hall–Kier alpha value is -1.56. The number of unbranched alkanes of at least 4 members (excludes halogenated alkanes) is 1. The van der Waals surface area contributed by atoms with Crippen molar-refractivity contribution in [2.24, 2.45) is 0 Å². The van der Waals surface area contributed by atoms with Crippen LogP contribution >= 0.6 is 34.5 Å². The van der Waals surface area contributed by atoms with Gasteiger partial charge in [0.2, 0.25) is 11.8 Å². The molecule has 1 aliphatic heterocycles. The number of carbonyl (C=O) groups is 2. The monoisotopic (exact) mass is 464 g/mol. The Labute approximate surface area is 191 Å². The Kier molecular flexibility index (Phi) is 6.71. The van der Waals surface area contributed by atoms with E-state index in [4.69, 9.17) is 23.2 Å². The van der Waals surface area contributed by atoms with Crippen LogP contribution in [0.5, 0.6) is 0 Å². The molecule has 0 N–H and O–H groups in total. The quantitative estimate of drug-likeness (QED) is 0.526. The maximum Gasteiger partial charge on any atom is 0.243 e. The molecule has 0 bridgehead atoms. The normalized spacial score (nSPS) is 18.2. The highest BCUT2D eigenvalue weighted by Gasteiger charge is 2.38. The number of fused-ring (bicyclic) bond motifs is 1. The number of hydrogen-bond acceptors (Lipinski definition) is 3. The molecule has 160 valence electrons. The standard InChI is InChI=1S/C23H26Cl2N2O2S/c1-2-3-4-21(28)27(16-6-7-16)14-22(29)26-11-9-20-18(10-12-30-20)23(26)17-8-5-15(24)13-19(17)25/h5,8,10,12-13,16,23H,2-4,6-7,9,11,14H2,1H3. The average molecular weight is 465 g/mol. The Morgan fingerprint density at radius 1 is 1.20 bits per heavy atom. The third-order valence-electron chi connectivity index (χ3n) is 5.90. The maximum atomic E-state index is 13.5. The molecule has 1 fully saturated rings. The topological polar surface area (TPSA) is 40.6 Å². The molecule has 4 nitrogen and oxygen atoms in total. The van der Waals surface area contributed by atoms with Gasteiger partial charge in [-0.1, -0.05) is 42.6 Å². The first-order valence-corrected chi connectivity index (χ1v) is 12.2. The molecule has 4 rings (SSSR count). The summed E-state index contributed by atoms with van der Waals surface area (Å²) in [6, 6.07) is 7.51. The first kappa shape index (κ1) is 21.7. The highest BCUT2D eigenvalue weighted by Crippen LogP contribution is 2.41. The maximum absolute atomic E-state index is 13.5. The summed E-state index contributed by atoms with van der Waals surface area (Å²) in [6.45, 7) is 2.85. The van der Waals surface area contributed by atoms with E-state index in [-0.39, 0.29) is 30.4 Å². The van der Waals surface area contributed by atoms with Crippen LogP contribution in [0, 0.1) is 0 Å². The van der Waals surface area contributed by atoms with Gasteiger partial charge in [0.15, 0.2) is 0 Å². The van der Waals surface area contributed by atoms with Gasteiger partial charge in [0.05, 0.1) is 6.04 Å². The van der Waals surface area contributed by atoms with E-state index < -0.39 is 0 Å². The number of thiophene rings is 1. The Morgan fingerprint density at radius 2 is 2.00 bits per heavy atom. The summed E-state index contributed by atoms with van der Waals surface area (Å²) >= 11 is 14.4. The van der Waals surface area contributed by atoms with Crippen molar-refractivity contribution in [3.8, 4) is 0 Å². The van der Waals surface area contributed by atoms with Crippen LogP contribution in [-0.4, -0.2) is 40.7 Å². The second kappa shape index (κ2) is 9.29. The van der Waals surface area contributed by atoms with Crippen molar-refractivity contribution >= 4 is 46.4 Å². The van der Waals surface area contributed by atoms with Gasteiger partial charge in [0.1, 0.15) is 6.54 Å². The van der Waals surface area contributed by atoms with E-state index >= 15 is 0 Å². The lowest BCUT2D eigenvalue weighted by atomic mass is 9.93. The number of benzene rings is 1. The molecule has 1 aromatic carbocycles. The fourth-order valence-electron chi connectivity index (χ4n) is 4.16. The Bertz CT molecular complexity index is 941. The molecule has 2 aliphatic rings. The van der Waals surface area contributed by atoms with E-state index in [1.54, 1.807) is 17.4 Å². The lowest BCUT2D eigenvalue weighted by molar-refractivity contribution is -0.142. The minimum atomic E-state index is -0.246. The molecule has 2 aromatic rings. The molecule has 1 aliphatic carbocycles. The van der Waals surface area contributed by atoms with Gasteiger partial charge in [-0.2, -0.15) is 0 Å². The minimum Gasteiger partial charge on any atom is -0.330 e. The van der Waals surface area contributed by atoms with Crippen molar-refractivity contribution in [1.82, 2.24) is 9.80 Å². The zero-order chi connectivity index (χ0) is 21.3. The number of carbonyl (C=O) groups excluding carboxylic acids is 2. The molecule has 0 spiro atoms. The molecule has 1 saturated carbocycles. The van der Waals surface area contributed by atoms with Crippen LogP contribution in [0.4, 0.5) is 0 Å². The fourth-order valence-corrected chi connectivity index (χ4v) is 5.57. The van der Waals surface area contributed by atoms with Gasteiger partial charge in [0, 0.05) is 33.9 Å². The van der Waals surface area contributed by atoms with E-state index in [2.05, 4.69) is 18.4 Å².